The van der Waals surface area contributed by atoms with Crippen LogP contribution in [0.25, 0.3) is 21.7 Å². The minimum Gasteiger partial charge on any atom is -0.493 e. The van der Waals surface area contributed by atoms with E-state index in [-0.39, 0.29) is 12.3 Å². The van der Waals surface area contributed by atoms with E-state index in [9.17, 15) is 4.79 Å². The third kappa shape index (κ3) is 3.64. The van der Waals surface area contributed by atoms with Crippen LogP contribution < -0.4 is 14.8 Å². The number of rotatable bonds is 7. The normalized spacial score (nSPS) is 10.9. The number of carbonyl (C=O) groups is 1. The molecule has 0 atom stereocenters. The standard InChI is InChI=1S/C23H21NO4/c1-26-19-8-4-5-9-20(19)27-13-12-24-22(25)14-17-15-28-21-11-10-16-6-2-3-7-18(16)23(17)21/h2-11,15H,12-14H2,1H3,(H,24,25). The van der Waals surface area contributed by atoms with Crippen molar-refractivity contribution in [2.45, 2.75) is 6.42 Å². The maximum Gasteiger partial charge on any atom is 0.224 e. The van der Waals surface area contributed by atoms with E-state index in [1.54, 1.807) is 13.4 Å². The topological polar surface area (TPSA) is 60.7 Å². The fraction of sp³-hybridized carbons (Fsp3) is 0.174. The molecule has 28 heavy (non-hydrogen) atoms. The smallest absolute Gasteiger partial charge is 0.224 e. The molecule has 4 aromatic rings. The highest BCUT2D eigenvalue weighted by Crippen LogP contribution is 2.30. The maximum atomic E-state index is 12.4. The zero-order valence-electron chi connectivity index (χ0n) is 15.6. The first-order chi connectivity index (χ1) is 13.8. The number of methoxy groups -OCH3 is 1. The predicted molar refractivity (Wildman–Crippen MR) is 109 cm³/mol. The molecule has 1 aromatic heterocycles. The molecule has 1 amide bonds. The van der Waals surface area contributed by atoms with Crippen molar-refractivity contribution in [2.75, 3.05) is 20.3 Å². The zero-order valence-corrected chi connectivity index (χ0v) is 15.6. The van der Waals surface area contributed by atoms with Crippen LogP contribution in [0.1, 0.15) is 5.56 Å². The summed E-state index contributed by atoms with van der Waals surface area (Å²) in [5.74, 6) is 1.26. The van der Waals surface area contributed by atoms with Crippen molar-refractivity contribution in [1.29, 1.82) is 0 Å². The summed E-state index contributed by atoms with van der Waals surface area (Å²) in [6.07, 6.45) is 1.93. The van der Waals surface area contributed by atoms with Gasteiger partial charge in [0.25, 0.3) is 0 Å². The Bertz CT molecular complexity index is 1120. The fourth-order valence-corrected chi connectivity index (χ4v) is 3.33. The van der Waals surface area contributed by atoms with Gasteiger partial charge < -0.3 is 19.2 Å². The largest absolute Gasteiger partial charge is 0.493 e. The molecule has 0 fully saturated rings. The number of fused-ring (bicyclic) bond motifs is 3. The van der Waals surface area contributed by atoms with Gasteiger partial charge in [-0.3, -0.25) is 4.79 Å². The highest BCUT2D eigenvalue weighted by atomic mass is 16.5. The van der Waals surface area contributed by atoms with Crippen molar-refractivity contribution in [2.24, 2.45) is 0 Å². The lowest BCUT2D eigenvalue weighted by molar-refractivity contribution is -0.120. The summed E-state index contributed by atoms with van der Waals surface area (Å²) in [6, 6.07) is 19.5. The van der Waals surface area contributed by atoms with Crippen LogP contribution >= 0.6 is 0 Å². The first kappa shape index (κ1) is 17.9. The number of furan rings is 1. The molecule has 142 valence electrons. The number of hydrogen-bond acceptors (Lipinski definition) is 4. The molecular formula is C23H21NO4. The average molecular weight is 375 g/mol. The van der Waals surface area contributed by atoms with Gasteiger partial charge in [-0.1, -0.05) is 42.5 Å². The molecule has 0 radical (unpaired) electrons. The van der Waals surface area contributed by atoms with Crippen molar-refractivity contribution in [3.8, 4) is 11.5 Å². The second-order valence-electron chi connectivity index (χ2n) is 6.45. The third-order valence-electron chi connectivity index (χ3n) is 4.64. The number of nitrogens with one attached hydrogen (secondary N) is 1. The van der Waals surface area contributed by atoms with Gasteiger partial charge >= 0.3 is 0 Å². The summed E-state index contributed by atoms with van der Waals surface area (Å²) < 4.78 is 16.6. The Kier molecular flexibility index (Phi) is 5.15. The van der Waals surface area contributed by atoms with E-state index in [2.05, 4.69) is 17.4 Å². The lowest BCUT2D eigenvalue weighted by Gasteiger charge is -2.10. The second-order valence-corrected chi connectivity index (χ2v) is 6.45. The van der Waals surface area contributed by atoms with Gasteiger partial charge in [0.2, 0.25) is 5.91 Å². The number of para-hydroxylation sites is 2. The molecule has 5 heteroatoms. The van der Waals surface area contributed by atoms with Gasteiger partial charge in [-0.25, -0.2) is 0 Å². The molecular weight excluding hydrogens is 354 g/mol. The Morgan fingerprint density at radius 3 is 2.64 bits per heavy atom. The van der Waals surface area contributed by atoms with E-state index >= 15 is 0 Å². The average Bonchev–Trinajstić information content (AvgIpc) is 3.14. The molecule has 0 bridgehead atoms. The van der Waals surface area contributed by atoms with Crippen LogP contribution in [0.2, 0.25) is 0 Å². The number of amides is 1. The third-order valence-corrected chi connectivity index (χ3v) is 4.64. The fourth-order valence-electron chi connectivity index (χ4n) is 3.33. The molecule has 0 aliphatic rings. The van der Waals surface area contributed by atoms with E-state index in [1.807, 2.05) is 48.5 Å². The number of carbonyl (C=O) groups excluding carboxylic acids is 1. The van der Waals surface area contributed by atoms with Gasteiger partial charge in [-0.2, -0.15) is 0 Å². The molecule has 0 aliphatic carbocycles. The lowest BCUT2D eigenvalue weighted by atomic mass is 10.0. The van der Waals surface area contributed by atoms with Crippen LogP contribution in [0.15, 0.2) is 71.3 Å². The first-order valence-corrected chi connectivity index (χ1v) is 9.16. The molecule has 1 heterocycles. The number of benzene rings is 3. The first-order valence-electron chi connectivity index (χ1n) is 9.16. The van der Waals surface area contributed by atoms with Crippen molar-refractivity contribution in [1.82, 2.24) is 5.32 Å². The van der Waals surface area contributed by atoms with E-state index in [0.29, 0.717) is 24.7 Å². The van der Waals surface area contributed by atoms with Crippen LogP contribution in [0.4, 0.5) is 0 Å². The monoisotopic (exact) mass is 375 g/mol. The Balaban J connectivity index is 1.38. The Labute approximate surface area is 162 Å². The maximum absolute atomic E-state index is 12.4. The van der Waals surface area contributed by atoms with Crippen molar-refractivity contribution < 1.29 is 18.7 Å². The van der Waals surface area contributed by atoms with Crippen molar-refractivity contribution in [3.05, 3.63) is 72.5 Å². The van der Waals surface area contributed by atoms with Crippen LogP contribution in [0.5, 0.6) is 11.5 Å². The van der Waals surface area contributed by atoms with E-state index in [0.717, 1.165) is 27.3 Å². The molecule has 5 nitrogen and oxygen atoms in total. The van der Waals surface area contributed by atoms with Crippen LogP contribution in [-0.4, -0.2) is 26.2 Å². The highest BCUT2D eigenvalue weighted by molar-refractivity contribution is 6.08. The van der Waals surface area contributed by atoms with Gasteiger partial charge in [-0.15, -0.1) is 0 Å². The van der Waals surface area contributed by atoms with Crippen molar-refractivity contribution >= 4 is 27.6 Å². The molecule has 3 aromatic carbocycles. The Morgan fingerprint density at radius 1 is 1.00 bits per heavy atom. The summed E-state index contributed by atoms with van der Waals surface area (Å²) in [5, 5.41) is 6.12. The molecule has 0 unspecified atom stereocenters. The zero-order chi connectivity index (χ0) is 19.3. The van der Waals surface area contributed by atoms with E-state index in [1.165, 1.54) is 0 Å². The minimum atomic E-state index is -0.0701. The number of ether oxygens (including phenoxy) is 2. The van der Waals surface area contributed by atoms with Gasteiger partial charge in [0.1, 0.15) is 12.2 Å². The predicted octanol–water partition coefficient (Wildman–Crippen LogP) is 4.33. The van der Waals surface area contributed by atoms with Crippen LogP contribution in [0, 0.1) is 0 Å². The van der Waals surface area contributed by atoms with Gasteiger partial charge in [0.15, 0.2) is 11.5 Å². The molecule has 1 N–H and O–H groups in total. The summed E-state index contributed by atoms with van der Waals surface area (Å²) in [6.45, 7) is 0.772. The summed E-state index contributed by atoms with van der Waals surface area (Å²) >= 11 is 0. The number of hydrogen-bond donors (Lipinski definition) is 1. The summed E-state index contributed by atoms with van der Waals surface area (Å²) in [7, 11) is 1.60. The molecule has 0 aliphatic heterocycles. The van der Waals surface area contributed by atoms with Crippen molar-refractivity contribution in [3.63, 3.8) is 0 Å². The Hall–Kier alpha value is -3.47. The SMILES string of the molecule is COc1ccccc1OCCNC(=O)Cc1coc2ccc3ccccc3c12. The van der Waals surface area contributed by atoms with Gasteiger partial charge in [0.05, 0.1) is 26.3 Å². The van der Waals surface area contributed by atoms with Gasteiger partial charge in [0, 0.05) is 10.9 Å². The Morgan fingerprint density at radius 2 is 1.79 bits per heavy atom. The molecule has 4 rings (SSSR count). The molecule has 0 saturated carbocycles. The molecule has 0 spiro atoms. The summed E-state index contributed by atoms with van der Waals surface area (Å²) in [5.41, 5.74) is 1.68. The van der Waals surface area contributed by atoms with Crippen LogP contribution in [-0.2, 0) is 11.2 Å². The van der Waals surface area contributed by atoms with E-state index < -0.39 is 0 Å². The lowest BCUT2D eigenvalue weighted by Crippen LogP contribution is -2.29. The van der Waals surface area contributed by atoms with Crippen LogP contribution in [0.3, 0.4) is 0 Å². The summed E-state index contributed by atoms with van der Waals surface area (Å²) in [4.78, 5) is 12.4. The van der Waals surface area contributed by atoms with E-state index in [4.69, 9.17) is 13.9 Å². The minimum absolute atomic E-state index is 0.0701. The second kappa shape index (κ2) is 8.05. The quantitative estimate of drug-likeness (QED) is 0.488. The highest BCUT2D eigenvalue weighted by Gasteiger charge is 2.13. The van der Waals surface area contributed by atoms with Gasteiger partial charge in [-0.05, 0) is 29.0 Å². The molecule has 0 saturated heterocycles.